The lowest BCUT2D eigenvalue weighted by atomic mass is 10.0. The van der Waals surface area contributed by atoms with Crippen molar-refractivity contribution in [2.24, 2.45) is 5.92 Å². The van der Waals surface area contributed by atoms with Crippen LogP contribution in [0, 0.1) is 11.7 Å². The summed E-state index contributed by atoms with van der Waals surface area (Å²) in [5, 5.41) is 3.06. The molecule has 0 aliphatic rings. The molecule has 9 nitrogen and oxygen atoms in total. The molecule has 1 atom stereocenters. The molecule has 0 aliphatic heterocycles. The first-order chi connectivity index (χ1) is 18.5. The van der Waals surface area contributed by atoms with Crippen LogP contribution in [0.3, 0.4) is 0 Å². The number of hydrogen-bond acceptors (Lipinski definition) is 7. The number of anilines is 1. The number of halogens is 1. The van der Waals surface area contributed by atoms with Crippen molar-refractivity contribution in [1.29, 1.82) is 0 Å². The van der Waals surface area contributed by atoms with E-state index in [1.165, 1.54) is 35.6 Å². The lowest BCUT2D eigenvalue weighted by Gasteiger charge is -2.26. The van der Waals surface area contributed by atoms with Crippen LogP contribution in [-0.2, 0) is 22.9 Å². The number of methoxy groups -OCH3 is 1. The van der Waals surface area contributed by atoms with E-state index in [4.69, 9.17) is 9.15 Å². The first-order valence-electron chi connectivity index (χ1n) is 12.5. The lowest BCUT2D eigenvalue weighted by molar-refractivity contribution is 0.0964. The van der Waals surface area contributed by atoms with Crippen LogP contribution in [0.15, 0.2) is 53.1 Å². The quantitative estimate of drug-likeness (QED) is 0.305. The highest BCUT2D eigenvalue weighted by Crippen LogP contribution is 2.36. The topological polar surface area (TPSA) is 115 Å². The molecule has 1 aromatic carbocycles. The second-order valence-electron chi connectivity index (χ2n) is 9.38. The van der Waals surface area contributed by atoms with Gasteiger partial charge in [-0.25, -0.2) is 17.8 Å². The maximum Gasteiger partial charge on any atom is 0.255 e. The molecule has 0 bridgehead atoms. The Morgan fingerprint density at radius 3 is 2.49 bits per heavy atom. The van der Waals surface area contributed by atoms with Gasteiger partial charge in [0.05, 0.1) is 24.3 Å². The van der Waals surface area contributed by atoms with Crippen LogP contribution in [0.25, 0.3) is 22.4 Å². The average Bonchev–Trinajstić information content (AvgIpc) is 3.29. The van der Waals surface area contributed by atoms with Gasteiger partial charge in [0.2, 0.25) is 21.6 Å². The number of sulfonamides is 1. The fraction of sp³-hybridized carbons (Fsp3) is 0.321. The van der Waals surface area contributed by atoms with Crippen LogP contribution in [0.2, 0.25) is 0 Å². The molecule has 1 N–H and O–H groups in total. The average molecular weight is 555 g/mol. The molecule has 1 amide bonds. The summed E-state index contributed by atoms with van der Waals surface area (Å²) >= 11 is 0. The summed E-state index contributed by atoms with van der Waals surface area (Å²) in [6.45, 7) is 4.01. The van der Waals surface area contributed by atoms with Crippen molar-refractivity contribution in [3.63, 3.8) is 0 Å². The second-order valence-corrected chi connectivity index (χ2v) is 11.3. The molecule has 0 spiro atoms. The number of carbonyl (C=O) groups is 1. The first-order valence-corrected chi connectivity index (χ1v) is 14.3. The molecule has 0 aliphatic carbocycles. The molecule has 0 unspecified atom stereocenters. The van der Waals surface area contributed by atoms with Gasteiger partial charge in [0.1, 0.15) is 17.4 Å². The zero-order chi connectivity index (χ0) is 28.3. The van der Waals surface area contributed by atoms with E-state index in [9.17, 15) is 17.6 Å². The lowest BCUT2D eigenvalue weighted by Crippen LogP contribution is -2.36. The van der Waals surface area contributed by atoms with Gasteiger partial charge < -0.3 is 14.5 Å². The van der Waals surface area contributed by atoms with Crippen molar-refractivity contribution in [2.45, 2.75) is 26.7 Å². The van der Waals surface area contributed by atoms with E-state index >= 15 is 0 Å². The molecule has 206 valence electrons. The predicted octanol–water partition coefficient (Wildman–Crippen LogP) is 4.60. The van der Waals surface area contributed by atoms with Crippen molar-refractivity contribution in [2.75, 3.05) is 31.3 Å². The summed E-state index contributed by atoms with van der Waals surface area (Å²) in [5.41, 5.74) is 2.44. The largest absolute Gasteiger partial charge is 0.481 e. The number of fused-ring (bicyclic) bond motifs is 1. The Morgan fingerprint density at radius 1 is 1.21 bits per heavy atom. The monoisotopic (exact) mass is 554 g/mol. The Bertz CT molecular complexity index is 1590. The minimum Gasteiger partial charge on any atom is -0.481 e. The minimum absolute atomic E-state index is 0.0788. The third-order valence-electron chi connectivity index (χ3n) is 6.39. The fourth-order valence-electron chi connectivity index (χ4n) is 4.47. The van der Waals surface area contributed by atoms with E-state index < -0.39 is 21.7 Å². The van der Waals surface area contributed by atoms with Gasteiger partial charge in [-0.1, -0.05) is 19.9 Å². The Kier molecular flexibility index (Phi) is 8.19. The number of carbonyl (C=O) groups excluding carboxylic acids is 1. The Morgan fingerprint density at radius 2 is 1.92 bits per heavy atom. The molecule has 0 saturated carbocycles. The van der Waals surface area contributed by atoms with Gasteiger partial charge in [0, 0.05) is 31.4 Å². The number of rotatable bonds is 10. The molecular weight excluding hydrogens is 523 g/mol. The van der Waals surface area contributed by atoms with Crippen molar-refractivity contribution < 1.29 is 26.8 Å². The second kappa shape index (κ2) is 11.4. The number of aryl methyl sites for hydroxylation is 1. The Balaban J connectivity index is 1.79. The van der Waals surface area contributed by atoms with Gasteiger partial charge in [-0.05, 0) is 60.2 Å². The molecule has 0 fully saturated rings. The number of nitrogens with one attached hydrogen (secondary N) is 1. The number of amides is 1. The summed E-state index contributed by atoms with van der Waals surface area (Å²) in [6.07, 6.45) is 3.90. The van der Waals surface area contributed by atoms with Crippen LogP contribution in [0.1, 0.15) is 35.3 Å². The van der Waals surface area contributed by atoms with Crippen LogP contribution >= 0.6 is 0 Å². The van der Waals surface area contributed by atoms with Crippen molar-refractivity contribution in [3.8, 4) is 17.2 Å². The van der Waals surface area contributed by atoms with Crippen LogP contribution in [0.5, 0.6) is 5.88 Å². The predicted molar refractivity (Wildman–Crippen MR) is 148 cm³/mol. The van der Waals surface area contributed by atoms with E-state index in [0.29, 0.717) is 35.2 Å². The summed E-state index contributed by atoms with van der Waals surface area (Å²) in [7, 11) is -0.678. The third kappa shape index (κ3) is 6.03. The van der Waals surface area contributed by atoms with Crippen molar-refractivity contribution in [1.82, 2.24) is 15.3 Å². The molecule has 3 aromatic heterocycles. The number of benzene rings is 1. The molecule has 4 aromatic rings. The number of aromatic nitrogens is 2. The standard InChI is InChI=1S/C28H31FN4O5S/c1-6-19-14-22-24(27(34)30-3)25(20-8-10-21(29)11-9-20)38-28(22)32-26(19)33(39(5,35)36)16-17(2)13-18-7-12-23(37-4)31-15-18/h7-12,14-15,17H,6,13,16H2,1-5H3,(H,30,34)/t17-/m1/s1. The summed E-state index contributed by atoms with van der Waals surface area (Å²) < 4.78 is 52.0. The van der Waals surface area contributed by atoms with E-state index in [2.05, 4.69) is 15.3 Å². The molecule has 0 saturated heterocycles. The van der Waals surface area contributed by atoms with E-state index in [1.54, 1.807) is 25.4 Å². The zero-order valence-electron chi connectivity index (χ0n) is 22.5. The number of nitrogens with zero attached hydrogens (tertiary/aromatic N) is 3. The molecule has 3 heterocycles. The summed E-state index contributed by atoms with van der Waals surface area (Å²) in [4.78, 5) is 21.8. The SMILES string of the molecule is CCc1cc2c(C(=O)NC)c(-c3ccc(F)cc3)oc2nc1N(C[C@H](C)Cc1ccc(OC)nc1)S(C)(=O)=O. The van der Waals surface area contributed by atoms with E-state index in [-0.39, 0.29) is 35.3 Å². The van der Waals surface area contributed by atoms with Crippen molar-refractivity contribution in [3.05, 3.63) is 71.2 Å². The van der Waals surface area contributed by atoms with E-state index in [1.807, 2.05) is 19.9 Å². The normalized spacial score (nSPS) is 12.4. The highest BCUT2D eigenvalue weighted by molar-refractivity contribution is 7.92. The van der Waals surface area contributed by atoms with Gasteiger partial charge in [-0.15, -0.1) is 0 Å². The van der Waals surface area contributed by atoms with E-state index in [0.717, 1.165) is 11.8 Å². The zero-order valence-corrected chi connectivity index (χ0v) is 23.3. The molecular formula is C28H31FN4O5S. The van der Waals surface area contributed by atoms with Crippen molar-refractivity contribution >= 4 is 32.8 Å². The molecule has 39 heavy (non-hydrogen) atoms. The van der Waals surface area contributed by atoms with Crippen LogP contribution in [-0.4, -0.2) is 51.3 Å². The number of ether oxygens (including phenoxy) is 1. The van der Waals surface area contributed by atoms with Gasteiger partial charge in [0.25, 0.3) is 5.91 Å². The third-order valence-corrected chi connectivity index (χ3v) is 7.51. The maximum absolute atomic E-state index is 13.6. The first kappa shape index (κ1) is 28.0. The van der Waals surface area contributed by atoms with Crippen LogP contribution in [0.4, 0.5) is 10.2 Å². The van der Waals surface area contributed by atoms with Gasteiger partial charge >= 0.3 is 0 Å². The minimum atomic E-state index is -3.73. The number of hydrogen-bond donors (Lipinski definition) is 1. The highest BCUT2D eigenvalue weighted by Gasteiger charge is 2.28. The van der Waals surface area contributed by atoms with Gasteiger partial charge in [-0.3, -0.25) is 9.10 Å². The number of pyridine rings is 2. The molecule has 0 radical (unpaired) electrons. The smallest absolute Gasteiger partial charge is 0.255 e. The van der Waals surface area contributed by atoms with Gasteiger partial charge in [0.15, 0.2) is 0 Å². The highest BCUT2D eigenvalue weighted by atomic mass is 32.2. The fourth-order valence-corrected chi connectivity index (χ4v) is 5.47. The summed E-state index contributed by atoms with van der Waals surface area (Å²) in [5.74, 6) is 0.0749. The van der Waals surface area contributed by atoms with Crippen LogP contribution < -0.4 is 14.4 Å². The molecule has 4 rings (SSSR count). The maximum atomic E-state index is 13.6. The Labute approximate surface area is 227 Å². The Hall–Kier alpha value is -3.99. The van der Waals surface area contributed by atoms with Gasteiger partial charge in [-0.2, -0.15) is 4.98 Å². The number of furan rings is 1. The molecule has 11 heteroatoms. The summed E-state index contributed by atoms with van der Waals surface area (Å²) in [6, 6.07) is 11.0.